The second kappa shape index (κ2) is 5.39. The number of aromatic nitrogens is 4. The standard InChI is InChI=1S/C15H13N5OS2/c1-3-20-10(6-7-16-20)14(21)19-15-18-9-4-5-11-12(13(9)23-15)17-8(2)22-11/h4-7H,3H2,1-2H3,(H,18,19,21). The monoisotopic (exact) mass is 343 g/mol. The SMILES string of the molecule is CCn1nccc1C(=O)Nc1nc2ccc3sc(C)nc3c2s1. The molecule has 0 radical (unpaired) electrons. The minimum atomic E-state index is -0.200. The third-order valence-corrected chi connectivity index (χ3v) is 5.42. The fourth-order valence-electron chi connectivity index (χ4n) is 2.48. The fourth-order valence-corrected chi connectivity index (χ4v) is 4.33. The highest BCUT2D eigenvalue weighted by atomic mass is 32.1. The molecule has 4 aromatic rings. The van der Waals surface area contributed by atoms with Crippen LogP contribution in [0, 0.1) is 6.92 Å². The molecule has 0 aliphatic rings. The Morgan fingerprint density at radius 2 is 2.13 bits per heavy atom. The van der Waals surface area contributed by atoms with Crippen molar-refractivity contribution in [2.45, 2.75) is 20.4 Å². The molecule has 0 fully saturated rings. The molecule has 1 amide bonds. The molecular weight excluding hydrogens is 330 g/mol. The number of amides is 1. The van der Waals surface area contributed by atoms with Gasteiger partial charge < -0.3 is 0 Å². The summed E-state index contributed by atoms with van der Waals surface area (Å²) in [6.07, 6.45) is 1.62. The molecule has 0 saturated heterocycles. The molecule has 0 aliphatic carbocycles. The Morgan fingerprint density at radius 1 is 1.26 bits per heavy atom. The molecule has 6 nitrogen and oxygen atoms in total. The number of benzene rings is 1. The van der Waals surface area contributed by atoms with Crippen molar-refractivity contribution in [1.82, 2.24) is 19.7 Å². The molecule has 0 saturated carbocycles. The number of carbonyl (C=O) groups excluding carboxylic acids is 1. The lowest BCUT2D eigenvalue weighted by Crippen LogP contribution is -2.17. The van der Waals surface area contributed by atoms with E-state index in [1.165, 1.54) is 11.3 Å². The van der Waals surface area contributed by atoms with Gasteiger partial charge >= 0.3 is 0 Å². The first-order chi connectivity index (χ1) is 11.2. The van der Waals surface area contributed by atoms with Crippen LogP contribution in [0.2, 0.25) is 0 Å². The summed E-state index contributed by atoms with van der Waals surface area (Å²) in [4.78, 5) is 21.5. The van der Waals surface area contributed by atoms with Crippen LogP contribution in [0.1, 0.15) is 22.4 Å². The summed E-state index contributed by atoms with van der Waals surface area (Å²) < 4.78 is 3.80. The van der Waals surface area contributed by atoms with Crippen molar-refractivity contribution in [1.29, 1.82) is 0 Å². The van der Waals surface area contributed by atoms with Crippen LogP contribution in [-0.4, -0.2) is 25.7 Å². The molecule has 3 aromatic heterocycles. The van der Waals surface area contributed by atoms with Gasteiger partial charge in [0, 0.05) is 12.7 Å². The van der Waals surface area contributed by atoms with Gasteiger partial charge in [0.1, 0.15) is 11.2 Å². The highest BCUT2D eigenvalue weighted by Crippen LogP contribution is 2.34. The van der Waals surface area contributed by atoms with Crippen LogP contribution in [0.3, 0.4) is 0 Å². The highest BCUT2D eigenvalue weighted by molar-refractivity contribution is 7.24. The normalized spacial score (nSPS) is 11.4. The smallest absolute Gasteiger partial charge is 0.275 e. The second-order valence-corrected chi connectivity index (χ2v) is 7.23. The Morgan fingerprint density at radius 3 is 2.96 bits per heavy atom. The number of nitrogens with one attached hydrogen (secondary N) is 1. The highest BCUT2D eigenvalue weighted by Gasteiger charge is 2.15. The molecule has 23 heavy (non-hydrogen) atoms. The van der Waals surface area contributed by atoms with Crippen molar-refractivity contribution < 1.29 is 4.79 Å². The molecule has 4 rings (SSSR count). The van der Waals surface area contributed by atoms with Crippen LogP contribution in [-0.2, 0) is 6.54 Å². The van der Waals surface area contributed by atoms with Crippen LogP contribution in [0.5, 0.6) is 0 Å². The summed E-state index contributed by atoms with van der Waals surface area (Å²) in [5.41, 5.74) is 2.34. The third-order valence-electron chi connectivity index (χ3n) is 3.49. The zero-order chi connectivity index (χ0) is 16.0. The van der Waals surface area contributed by atoms with E-state index >= 15 is 0 Å². The number of fused-ring (bicyclic) bond motifs is 3. The molecule has 0 aliphatic heterocycles. The van der Waals surface area contributed by atoms with E-state index in [2.05, 4.69) is 20.4 Å². The predicted octanol–water partition coefficient (Wildman–Crippen LogP) is 3.68. The van der Waals surface area contributed by atoms with E-state index in [-0.39, 0.29) is 5.91 Å². The van der Waals surface area contributed by atoms with Crippen molar-refractivity contribution in [3.05, 3.63) is 35.1 Å². The molecule has 0 bridgehead atoms. The average molecular weight is 343 g/mol. The van der Waals surface area contributed by atoms with E-state index in [9.17, 15) is 4.79 Å². The molecule has 0 spiro atoms. The first kappa shape index (κ1) is 14.3. The maximum Gasteiger partial charge on any atom is 0.275 e. The van der Waals surface area contributed by atoms with Gasteiger partial charge in [-0.2, -0.15) is 5.10 Å². The molecule has 3 heterocycles. The van der Waals surface area contributed by atoms with Gasteiger partial charge in [0.05, 0.1) is 19.9 Å². The van der Waals surface area contributed by atoms with E-state index in [1.54, 1.807) is 28.3 Å². The topological polar surface area (TPSA) is 72.7 Å². The maximum atomic E-state index is 12.4. The van der Waals surface area contributed by atoms with Gasteiger partial charge in [0.2, 0.25) is 0 Å². The summed E-state index contributed by atoms with van der Waals surface area (Å²) in [7, 11) is 0. The quantitative estimate of drug-likeness (QED) is 0.616. The van der Waals surface area contributed by atoms with Crippen LogP contribution in [0.25, 0.3) is 20.4 Å². The summed E-state index contributed by atoms with van der Waals surface area (Å²) in [6, 6.07) is 5.70. The number of rotatable bonds is 3. The minimum Gasteiger partial charge on any atom is -0.296 e. The summed E-state index contributed by atoms with van der Waals surface area (Å²) >= 11 is 3.11. The first-order valence-corrected chi connectivity index (χ1v) is 8.79. The summed E-state index contributed by atoms with van der Waals surface area (Å²) in [5.74, 6) is -0.200. The zero-order valence-electron chi connectivity index (χ0n) is 12.5. The molecular formula is C15H13N5OS2. The molecule has 0 unspecified atom stereocenters. The molecule has 8 heteroatoms. The number of hydrogen-bond acceptors (Lipinski definition) is 6. The first-order valence-electron chi connectivity index (χ1n) is 7.15. The Labute approximate surface area is 139 Å². The van der Waals surface area contributed by atoms with Crippen molar-refractivity contribution in [3.63, 3.8) is 0 Å². The van der Waals surface area contributed by atoms with Crippen LogP contribution in [0.4, 0.5) is 5.13 Å². The summed E-state index contributed by atoms with van der Waals surface area (Å²) in [6.45, 7) is 4.59. The molecule has 1 aromatic carbocycles. The maximum absolute atomic E-state index is 12.4. The van der Waals surface area contributed by atoms with Crippen LogP contribution in [0.15, 0.2) is 24.4 Å². The Balaban J connectivity index is 1.72. The molecule has 0 atom stereocenters. The van der Waals surface area contributed by atoms with Gasteiger partial charge in [-0.25, -0.2) is 9.97 Å². The van der Waals surface area contributed by atoms with Crippen molar-refractivity contribution in [3.8, 4) is 0 Å². The summed E-state index contributed by atoms with van der Waals surface area (Å²) in [5, 5.41) is 8.58. The predicted molar refractivity (Wildman–Crippen MR) is 93.4 cm³/mol. The lowest BCUT2D eigenvalue weighted by molar-refractivity contribution is 0.101. The van der Waals surface area contributed by atoms with E-state index in [0.29, 0.717) is 17.4 Å². The largest absolute Gasteiger partial charge is 0.296 e. The van der Waals surface area contributed by atoms with Crippen molar-refractivity contribution in [2.75, 3.05) is 5.32 Å². The number of carbonyl (C=O) groups is 1. The van der Waals surface area contributed by atoms with Gasteiger partial charge in [0.25, 0.3) is 5.91 Å². The fraction of sp³-hybridized carbons (Fsp3) is 0.200. The minimum absolute atomic E-state index is 0.200. The van der Waals surface area contributed by atoms with Gasteiger partial charge in [-0.15, -0.1) is 11.3 Å². The second-order valence-electron chi connectivity index (χ2n) is 5.00. The third kappa shape index (κ3) is 2.40. The zero-order valence-corrected chi connectivity index (χ0v) is 14.2. The number of aryl methyl sites for hydroxylation is 2. The van der Waals surface area contributed by atoms with Gasteiger partial charge in [-0.05, 0) is 32.0 Å². The van der Waals surface area contributed by atoms with E-state index in [0.717, 1.165) is 25.4 Å². The Kier molecular flexibility index (Phi) is 3.35. The van der Waals surface area contributed by atoms with Crippen molar-refractivity contribution >= 4 is 54.1 Å². The number of thiazole rings is 2. The number of nitrogens with zero attached hydrogens (tertiary/aromatic N) is 4. The number of hydrogen-bond donors (Lipinski definition) is 1. The lowest BCUT2D eigenvalue weighted by atomic mass is 10.3. The van der Waals surface area contributed by atoms with Gasteiger partial charge in [-0.3, -0.25) is 14.8 Å². The van der Waals surface area contributed by atoms with E-state index in [4.69, 9.17) is 0 Å². The van der Waals surface area contributed by atoms with E-state index < -0.39 is 0 Å². The average Bonchev–Trinajstić information content (AvgIpc) is 3.21. The van der Waals surface area contributed by atoms with Crippen LogP contribution < -0.4 is 5.32 Å². The lowest BCUT2D eigenvalue weighted by Gasteiger charge is -2.03. The van der Waals surface area contributed by atoms with Crippen molar-refractivity contribution in [2.24, 2.45) is 0 Å². The van der Waals surface area contributed by atoms with Gasteiger partial charge in [-0.1, -0.05) is 11.3 Å². The Bertz CT molecular complexity index is 1030. The van der Waals surface area contributed by atoms with E-state index in [1.807, 2.05) is 26.0 Å². The number of anilines is 1. The van der Waals surface area contributed by atoms with Crippen LogP contribution >= 0.6 is 22.7 Å². The van der Waals surface area contributed by atoms with Gasteiger partial charge in [0.15, 0.2) is 5.13 Å². The molecule has 1 N–H and O–H groups in total. The molecule has 116 valence electrons. The Hall–Kier alpha value is -2.32.